The maximum atomic E-state index is 11.5. The number of rotatable bonds is 4. The van der Waals surface area contributed by atoms with Crippen LogP contribution in [0.4, 0.5) is 0 Å². The molecule has 0 bridgehead atoms. The largest absolute Gasteiger partial charge is 0.381 e. The molecule has 0 radical (unpaired) electrons. The van der Waals surface area contributed by atoms with Gasteiger partial charge in [-0.1, -0.05) is 44.2 Å². The van der Waals surface area contributed by atoms with Crippen LogP contribution >= 0.6 is 0 Å². The summed E-state index contributed by atoms with van der Waals surface area (Å²) >= 11 is 0. The van der Waals surface area contributed by atoms with Gasteiger partial charge in [-0.3, -0.25) is 4.79 Å². The Morgan fingerprint density at radius 3 is 2.36 bits per heavy atom. The van der Waals surface area contributed by atoms with E-state index in [0.29, 0.717) is 17.9 Å². The van der Waals surface area contributed by atoms with E-state index in [4.69, 9.17) is 0 Å². The van der Waals surface area contributed by atoms with Gasteiger partial charge in [0.2, 0.25) is 0 Å². The first-order valence-corrected chi connectivity index (χ1v) is 4.87. The van der Waals surface area contributed by atoms with E-state index in [1.807, 2.05) is 32.0 Å². The molecule has 0 aliphatic rings. The van der Waals surface area contributed by atoms with Gasteiger partial charge >= 0.3 is 0 Å². The molecule has 1 unspecified atom stereocenters. The minimum Gasteiger partial charge on any atom is -0.381 e. The van der Waals surface area contributed by atoms with Crippen molar-refractivity contribution in [2.75, 3.05) is 0 Å². The third-order valence-corrected chi connectivity index (χ3v) is 2.03. The van der Waals surface area contributed by atoms with Crippen molar-refractivity contribution in [1.29, 1.82) is 0 Å². The van der Waals surface area contributed by atoms with Gasteiger partial charge in [0.1, 0.15) is 6.10 Å². The summed E-state index contributed by atoms with van der Waals surface area (Å²) in [6.07, 6.45) is -0.533. The average Bonchev–Trinajstić information content (AvgIpc) is 2.17. The topological polar surface area (TPSA) is 37.3 Å². The molecule has 1 aromatic carbocycles. The van der Waals surface area contributed by atoms with E-state index >= 15 is 0 Å². The second-order valence-corrected chi connectivity index (χ2v) is 3.88. The second-order valence-electron chi connectivity index (χ2n) is 3.88. The lowest BCUT2D eigenvalue weighted by molar-refractivity contribution is -0.128. The molecule has 0 spiro atoms. The molecule has 2 nitrogen and oxygen atoms in total. The zero-order valence-electron chi connectivity index (χ0n) is 8.60. The minimum absolute atomic E-state index is 0.105. The Bertz CT molecular complexity index is 290. The van der Waals surface area contributed by atoms with Crippen molar-refractivity contribution in [3.63, 3.8) is 0 Å². The molecule has 1 N–H and O–H groups in total. The number of hydrogen-bond donors (Lipinski definition) is 1. The molecule has 0 saturated carbocycles. The molecule has 2 heteroatoms. The highest BCUT2D eigenvalue weighted by Gasteiger charge is 2.17. The summed E-state index contributed by atoms with van der Waals surface area (Å²) in [5.41, 5.74) is 0.679. The van der Waals surface area contributed by atoms with Crippen LogP contribution in [0.2, 0.25) is 0 Å². The van der Waals surface area contributed by atoms with Crippen molar-refractivity contribution in [1.82, 2.24) is 0 Å². The fraction of sp³-hybridized carbons (Fsp3) is 0.417. The molecule has 0 aromatic heterocycles. The second kappa shape index (κ2) is 4.91. The molecular weight excluding hydrogens is 176 g/mol. The van der Waals surface area contributed by atoms with Crippen molar-refractivity contribution in [2.45, 2.75) is 26.4 Å². The van der Waals surface area contributed by atoms with Crippen molar-refractivity contribution < 1.29 is 9.90 Å². The van der Waals surface area contributed by atoms with Crippen molar-refractivity contribution in [3.05, 3.63) is 35.9 Å². The van der Waals surface area contributed by atoms with Gasteiger partial charge in [-0.05, 0) is 11.5 Å². The van der Waals surface area contributed by atoms with Crippen LogP contribution in [0.1, 0.15) is 31.9 Å². The smallest absolute Gasteiger partial charge is 0.166 e. The summed E-state index contributed by atoms with van der Waals surface area (Å²) in [7, 11) is 0. The van der Waals surface area contributed by atoms with Crippen LogP contribution in [0.3, 0.4) is 0 Å². The molecule has 0 fully saturated rings. The normalized spacial score (nSPS) is 12.9. The Morgan fingerprint density at radius 1 is 1.29 bits per heavy atom. The molecule has 0 amide bonds. The summed E-state index contributed by atoms with van der Waals surface area (Å²) in [5.74, 6) is 0.187. The van der Waals surface area contributed by atoms with Crippen molar-refractivity contribution in [3.8, 4) is 0 Å². The molecule has 14 heavy (non-hydrogen) atoms. The number of aliphatic hydroxyl groups is 1. The van der Waals surface area contributed by atoms with Crippen molar-refractivity contribution >= 4 is 5.78 Å². The molecule has 1 rings (SSSR count). The monoisotopic (exact) mass is 192 g/mol. The Balaban J connectivity index is 2.66. The van der Waals surface area contributed by atoms with Gasteiger partial charge in [0.25, 0.3) is 0 Å². The number of carbonyl (C=O) groups excluding carboxylic acids is 1. The highest BCUT2D eigenvalue weighted by Crippen LogP contribution is 2.16. The van der Waals surface area contributed by atoms with E-state index in [1.54, 1.807) is 12.1 Å². The Hall–Kier alpha value is -1.15. The molecule has 0 heterocycles. The molecule has 1 atom stereocenters. The Labute approximate surface area is 84.6 Å². The van der Waals surface area contributed by atoms with Crippen LogP contribution in [0.15, 0.2) is 30.3 Å². The fourth-order valence-electron chi connectivity index (χ4n) is 1.34. The number of carbonyl (C=O) groups is 1. The maximum absolute atomic E-state index is 11.5. The third kappa shape index (κ3) is 2.96. The number of benzene rings is 1. The predicted molar refractivity (Wildman–Crippen MR) is 55.9 cm³/mol. The number of Topliss-reactive ketones (excluding diaryl/α,β-unsaturated/α-hetero) is 1. The highest BCUT2D eigenvalue weighted by molar-refractivity contribution is 5.84. The van der Waals surface area contributed by atoms with Crippen LogP contribution < -0.4 is 0 Å². The lowest BCUT2D eigenvalue weighted by Gasteiger charge is -2.11. The molecule has 0 aliphatic carbocycles. The molecule has 1 aromatic rings. The quantitative estimate of drug-likeness (QED) is 0.795. The van der Waals surface area contributed by atoms with E-state index in [-0.39, 0.29) is 5.78 Å². The highest BCUT2D eigenvalue weighted by atomic mass is 16.3. The Morgan fingerprint density at radius 2 is 1.86 bits per heavy atom. The summed E-state index contributed by atoms with van der Waals surface area (Å²) in [5, 5.41) is 9.69. The third-order valence-electron chi connectivity index (χ3n) is 2.03. The van der Waals surface area contributed by atoms with Crippen LogP contribution in [0.25, 0.3) is 0 Å². The first kappa shape index (κ1) is 10.9. The van der Waals surface area contributed by atoms with Crippen LogP contribution in [0.5, 0.6) is 0 Å². The van der Waals surface area contributed by atoms with E-state index < -0.39 is 6.10 Å². The van der Waals surface area contributed by atoms with Gasteiger partial charge in [-0.15, -0.1) is 0 Å². The van der Waals surface area contributed by atoms with Gasteiger partial charge < -0.3 is 5.11 Å². The van der Waals surface area contributed by atoms with Gasteiger partial charge in [0.05, 0.1) is 0 Å². The SMILES string of the molecule is CC(C)CC(=O)C(O)c1ccccc1. The summed E-state index contributed by atoms with van der Waals surface area (Å²) in [4.78, 5) is 11.5. The van der Waals surface area contributed by atoms with E-state index in [0.717, 1.165) is 0 Å². The molecule has 0 aliphatic heterocycles. The summed E-state index contributed by atoms with van der Waals surface area (Å²) in [6, 6.07) is 9.04. The number of aliphatic hydroxyl groups excluding tert-OH is 1. The lowest BCUT2D eigenvalue weighted by Crippen LogP contribution is -2.13. The van der Waals surface area contributed by atoms with Gasteiger partial charge in [-0.25, -0.2) is 0 Å². The van der Waals surface area contributed by atoms with Gasteiger partial charge in [-0.2, -0.15) is 0 Å². The molecule has 0 saturated heterocycles. The zero-order chi connectivity index (χ0) is 10.6. The maximum Gasteiger partial charge on any atom is 0.166 e. The zero-order valence-corrected chi connectivity index (χ0v) is 8.60. The van der Waals surface area contributed by atoms with Crippen molar-refractivity contribution in [2.24, 2.45) is 5.92 Å². The lowest BCUT2D eigenvalue weighted by atomic mass is 9.99. The summed E-state index contributed by atoms with van der Waals surface area (Å²) < 4.78 is 0. The van der Waals surface area contributed by atoms with Gasteiger partial charge in [0, 0.05) is 6.42 Å². The van der Waals surface area contributed by atoms with Gasteiger partial charge in [0.15, 0.2) is 5.78 Å². The van der Waals surface area contributed by atoms with E-state index in [9.17, 15) is 9.90 Å². The number of hydrogen-bond acceptors (Lipinski definition) is 2. The number of ketones is 1. The van der Waals surface area contributed by atoms with Crippen LogP contribution in [-0.4, -0.2) is 10.9 Å². The predicted octanol–water partition coefficient (Wildman–Crippen LogP) is 2.34. The van der Waals surface area contributed by atoms with E-state index in [2.05, 4.69) is 0 Å². The molecule has 76 valence electrons. The fourth-order valence-corrected chi connectivity index (χ4v) is 1.34. The standard InChI is InChI=1S/C12H16O2/c1-9(2)8-11(13)12(14)10-6-4-3-5-7-10/h3-7,9,12,14H,8H2,1-2H3. The minimum atomic E-state index is -0.960. The van der Waals surface area contributed by atoms with Crippen LogP contribution in [0, 0.1) is 5.92 Å². The van der Waals surface area contributed by atoms with E-state index in [1.165, 1.54) is 0 Å². The average molecular weight is 192 g/mol. The summed E-state index contributed by atoms with van der Waals surface area (Å²) in [6.45, 7) is 3.94. The molecular formula is C12H16O2. The first-order chi connectivity index (χ1) is 6.61. The first-order valence-electron chi connectivity index (χ1n) is 4.87. The van der Waals surface area contributed by atoms with Crippen LogP contribution in [-0.2, 0) is 4.79 Å². The Kier molecular flexibility index (Phi) is 3.84.